The third kappa shape index (κ3) is 7.77. The van der Waals surface area contributed by atoms with Crippen LogP contribution >= 0.6 is 24.0 Å². The van der Waals surface area contributed by atoms with Crippen LogP contribution in [0.25, 0.3) is 0 Å². The molecular weight excluding hydrogens is 391 g/mol. The van der Waals surface area contributed by atoms with E-state index in [-0.39, 0.29) is 24.0 Å². The zero-order chi connectivity index (χ0) is 15.5. The number of halogens is 1. The van der Waals surface area contributed by atoms with Crippen molar-refractivity contribution in [3.05, 3.63) is 24.8 Å². The molecule has 0 aliphatic rings. The average Bonchev–Trinajstić information content (AvgIpc) is 2.88. The Kier molecular flexibility index (Phi) is 11.8. The van der Waals surface area contributed by atoms with E-state index in [1.54, 1.807) is 11.0 Å². The molecule has 0 atom stereocenters. The number of unbranched alkanes of at least 4 members (excludes halogenated alkanes) is 3. The molecule has 1 rings (SSSR count). The predicted molar refractivity (Wildman–Crippen MR) is 103 cm³/mol. The van der Waals surface area contributed by atoms with Crippen LogP contribution in [-0.4, -0.2) is 45.8 Å². The number of hydrogen-bond donors (Lipinski definition) is 1. The molecule has 0 unspecified atom stereocenters. The van der Waals surface area contributed by atoms with Gasteiger partial charge >= 0.3 is 0 Å². The number of hydrogen-bond acceptors (Lipinski definition) is 3. The Balaban J connectivity index is 0.00000441. The van der Waals surface area contributed by atoms with Gasteiger partial charge < -0.3 is 10.2 Å². The second kappa shape index (κ2) is 12.4. The van der Waals surface area contributed by atoms with Crippen LogP contribution in [-0.2, 0) is 13.6 Å². The first kappa shape index (κ1) is 20.9. The number of guanidine groups is 1. The van der Waals surface area contributed by atoms with Crippen molar-refractivity contribution in [2.45, 2.75) is 39.2 Å². The summed E-state index contributed by atoms with van der Waals surface area (Å²) < 4.78 is 1.75. The van der Waals surface area contributed by atoms with Gasteiger partial charge in [0.05, 0.1) is 0 Å². The molecule has 22 heavy (non-hydrogen) atoms. The van der Waals surface area contributed by atoms with E-state index >= 15 is 0 Å². The summed E-state index contributed by atoms with van der Waals surface area (Å²) in [6, 6.07) is 0. The average molecular weight is 420 g/mol. The summed E-state index contributed by atoms with van der Waals surface area (Å²) in [6.45, 7) is 8.23. The van der Waals surface area contributed by atoms with Crippen molar-refractivity contribution in [2.75, 3.05) is 20.1 Å². The lowest BCUT2D eigenvalue weighted by atomic mass is 10.2. The molecule has 0 saturated carbocycles. The van der Waals surface area contributed by atoms with Crippen LogP contribution in [0.4, 0.5) is 0 Å². The van der Waals surface area contributed by atoms with E-state index in [1.165, 1.54) is 19.3 Å². The summed E-state index contributed by atoms with van der Waals surface area (Å²) in [6.07, 6.45) is 8.24. The maximum atomic E-state index is 4.62. The number of nitrogens with zero attached hydrogens (tertiary/aromatic N) is 5. The molecule has 7 heteroatoms. The van der Waals surface area contributed by atoms with E-state index in [0.29, 0.717) is 6.54 Å². The van der Waals surface area contributed by atoms with Crippen LogP contribution in [0, 0.1) is 0 Å². The summed E-state index contributed by atoms with van der Waals surface area (Å²) in [5.74, 6) is 1.79. The lowest BCUT2D eigenvalue weighted by Gasteiger charge is -2.21. The van der Waals surface area contributed by atoms with Gasteiger partial charge in [0.15, 0.2) is 5.96 Å². The van der Waals surface area contributed by atoms with Crippen molar-refractivity contribution >= 4 is 29.9 Å². The second-order valence-corrected chi connectivity index (χ2v) is 5.03. The van der Waals surface area contributed by atoms with Gasteiger partial charge in [0.1, 0.15) is 18.7 Å². The zero-order valence-corrected chi connectivity index (χ0v) is 16.3. The predicted octanol–water partition coefficient (Wildman–Crippen LogP) is 2.58. The van der Waals surface area contributed by atoms with Gasteiger partial charge in [-0.25, -0.2) is 9.98 Å². The fraction of sp³-hybridized carbons (Fsp3) is 0.667. The van der Waals surface area contributed by atoms with Crippen molar-refractivity contribution in [3.63, 3.8) is 0 Å². The molecule has 1 N–H and O–H groups in total. The van der Waals surface area contributed by atoms with Crippen molar-refractivity contribution in [1.29, 1.82) is 0 Å². The first-order valence-corrected chi connectivity index (χ1v) is 7.62. The van der Waals surface area contributed by atoms with Crippen LogP contribution in [0.2, 0.25) is 0 Å². The molecule has 0 fully saturated rings. The highest BCUT2D eigenvalue weighted by Crippen LogP contribution is 2.02. The molecule has 6 nitrogen and oxygen atoms in total. The topological polar surface area (TPSA) is 58.3 Å². The van der Waals surface area contributed by atoms with Gasteiger partial charge in [-0.2, -0.15) is 5.10 Å². The summed E-state index contributed by atoms with van der Waals surface area (Å²) in [5.41, 5.74) is 0. The van der Waals surface area contributed by atoms with Gasteiger partial charge in [0.25, 0.3) is 0 Å². The lowest BCUT2D eigenvalue weighted by molar-refractivity contribution is 0.454. The Bertz CT molecular complexity index is 443. The van der Waals surface area contributed by atoms with Gasteiger partial charge in [0, 0.05) is 27.2 Å². The monoisotopic (exact) mass is 420 g/mol. The number of aryl methyl sites for hydroxylation is 1. The van der Waals surface area contributed by atoms with E-state index < -0.39 is 0 Å². The summed E-state index contributed by atoms with van der Waals surface area (Å²) >= 11 is 0. The van der Waals surface area contributed by atoms with Gasteiger partial charge in [0.2, 0.25) is 0 Å². The third-order valence-corrected chi connectivity index (χ3v) is 3.27. The minimum absolute atomic E-state index is 0. The van der Waals surface area contributed by atoms with Gasteiger partial charge in [-0.3, -0.25) is 4.68 Å². The number of rotatable bonds is 9. The second-order valence-electron chi connectivity index (χ2n) is 5.03. The molecule has 0 bridgehead atoms. The van der Waals surface area contributed by atoms with E-state index in [9.17, 15) is 0 Å². The number of allylic oxidation sites excluding steroid dienone is 1. The molecule has 1 aromatic heterocycles. The van der Waals surface area contributed by atoms with Crippen molar-refractivity contribution < 1.29 is 0 Å². The minimum Gasteiger partial charge on any atom is -0.357 e. The molecule has 0 aliphatic heterocycles. The molecule has 0 spiro atoms. The minimum atomic E-state index is 0. The maximum absolute atomic E-state index is 4.62. The van der Waals surface area contributed by atoms with Crippen molar-refractivity contribution in [2.24, 2.45) is 12.0 Å². The molecule has 1 aromatic rings. The number of nitrogens with one attached hydrogen (secondary N) is 1. The molecule has 0 aliphatic carbocycles. The largest absolute Gasteiger partial charge is 0.357 e. The Labute approximate surface area is 151 Å². The van der Waals surface area contributed by atoms with Crippen molar-refractivity contribution in [3.8, 4) is 0 Å². The molecule has 126 valence electrons. The van der Waals surface area contributed by atoms with Gasteiger partial charge in [-0.15, -0.1) is 30.6 Å². The number of aromatic nitrogens is 3. The van der Waals surface area contributed by atoms with E-state index in [1.807, 2.05) is 13.1 Å². The summed E-state index contributed by atoms with van der Waals surface area (Å²) in [4.78, 5) is 11.0. The summed E-state index contributed by atoms with van der Waals surface area (Å²) in [7, 11) is 3.96. The SMILES string of the molecule is C=CCCCCCN(C)C(=NCc1ncnn1C)NCC.I. The highest BCUT2D eigenvalue weighted by atomic mass is 127. The first-order valence-electron chi connectivity index (χ1n) is 7.62. The van der Waals surface area contributed by atoms with Crippen LogP contribution < -0.4 is 5.32 Å². The number of aliphatic imine (C=N–C) groups is 1. The van der Waals surface area contributed by atoms with E-state index in [4.69, 9.17) is 0 Å². The Morgan fingerprint density at radius 1 is 1.45 bits per heavy atom. The van der Waals surface area contributed by atoms with Crippen LogP contribution in [0.3, 0.4) is 0 Å². The molecule has 0 radical (unpaired) electrons. The third-order valence-electron chi connectivity index (χ3n) is 3.27. The molecule has 0 amide bonds. The van der Waals surface area contributed by atoms with Gasteiger partial charge in [-0.1, -0.05) is 12.5 Å². The van der Waals surface area contributed by atoms with Crippen molar-refractivity contribution in [1.82, 2.24) is 25.0 Å². The van der Waals surface area contributed by atoms with Crippen LogP contribution in [0.1, 0.15) is 38.4 Å². The molecule has 1 heterocycles. The van der Waals surface area contributed by atoms with E-state index in [2.05, 4.69) is 45.8 Å². The summed E-state index contributed by atoms with van der Waals surface area (Å²) in [5, 5.41) is 7.38. The smallest absolute Gasteiger partial charge is 0.194 e. The normalized spacial score (nSPS) is 11.0. The molecule has 0 aromatic carbocycles. The highest BCUT2D eigenvalue weighted by Gasteiger charge is 2.06. The quantitative estimate of drug-likeness (QED) is 0.219. The lowest BCUT2D eigenvalue weighted by Crippen LogP contribution is -2.39. The Morgan fingerprint density at radius 2 is 2.23 bits per heavy atom. The Hall–Kier alpha value is -1.12. The standard InChI is InChI=1S/C15H28N6.HI/c1-5-7-8-9-10-11-20(3)15(16-6-2)17-12-14-18-13-19-21(14)4;/h5,13H,1,6-12H2,2-4H3,(H,16,17);1H. The Morgan fingerprint density at radius 3 is 2.82 bits per heavy atom. The van der Waals surface area contributed by atoms with Crippen LogP contribution in [0.15, 0.2) is 24.0 Å². The van der Waals surface area contributed by atoms with Gasteiger partial charge in [-0.05, 0) is 26.2 Å². The molecule has 0 saturated heterocycles. The zero-order valence-electron chi connectivity index (χ0n) is 14.0. The van der Waals surface area contributed by atoms with E-state index in [0.717, 1.165) is 31.3 Å². The fourth-order valence-corrected chi connectivity index (χ4v) is 2.00. The first-order chi connectivity index (χ1) is 10.2. The van der Waals surface area contributed by atoms with Crippen LogP contribution in [0.5, 0.6) is 0 Å². The maximum Gasteiger partial charge on any atom is 0.194 e. The molecular formula is C15H29IN6. The fourth-order valence-electron chi connectivity index (χ4n) is 2.00. The highest BCUT2D eigenvalue weighted by molar-refractivity contribution is 14.0.